The number of carbonyl (C=O) groups is 3. The molecule has 0 saturated heterocycles. The van der Waals surface area contributed by atoms with Gasteiger partial charge in [-0.25, -0.2) is 14.6 Å². The second-order valence-electron chi connectivity index (χ2n) is 5.81. The molecular formula is C20H17N3O5S. The second kappa shape index (κ2) is 9.07. The molecular weight excluding hydrogens is 394 g/mol. The standard InChI is InChI=1S/C20H17N3O5S/c1-12-17(29-18(22-12)15-9-5-6-10-21-15)20(26)28-11-16(24)23-14-8-4-3-7-13(14)19(25)27-2/h3-10H,11H2,1-2H3,(H,23,24). The molecule has 0 radical (unpaired) electrons. The Balaban J connectivity index is 1.64. The van der Waals surface area contributed by atoms with Crippen molar-refractivity contribution in [1.82, 2.24) is 9.97 Å². The molecule has 0 spiro atoms. The van der Waals surface area contributed by atoms with Gasteiger partial charge in [-0.2, -0.15) is 0 Å². The molecule has 29 heavy (non-hydrogen) atoms. The van der Waals surface area contributed by atoms with E-state index in [1.165, 1.54) is 13.2 Å². The van der Waals surface area contributed by atoms with Gasteiger partial charge in [0.1, 0.15) is 9.88 Å². The lowest BCUT2D eigenvalue weighted by molar-refractivity contribution is -0.119. The third-order valence-corrected chi connectivity index (χ3v) is 4.97. The molecule has 8 nitrogen and oxygen atoms in total. The van der Waals surface area contributed by atoms with Crippen LogP contribution in [0.3, 0.4) is 0 Å². The Morgan fingerprint density at radius 1 is 1.07 bits per heavy atom. The molecule has 9 heteroatoms. The van der Waals surface area contributed by atoms with E-state index in [0.29, 0.717) is 21.3 Å². The quantitative estimate of drug-likeness (QED) is 0.621. The molecule has 2 heterocycles. The van der Waals surface area contributed by atoms with E-state index in [0.717, 1.165) is 11.3 Å². The number of amides is 1. The summed E-state index contributed by atoms with van der Waals surface area (Å²) in [5.74, 6) is -1.82. The number of benzene rings is 1. The van der Waals surface area contributed by atoms with E-state index in [-0.39, 0.29) is 11.3 Å². The number of esters is 2. The number of ether oxygens (including phenoxy) is 2. The van der Waals surface area contributed by atoms with Gasteiger partial charge in [0.05, 0.1) is 29.7 Å². The molecule has 0 bridgehead atoms. The number of carbonyl (C=O) groups excluding carboxylic acids is 3. The Kier molecular flexibility index (Phi) is 6.30. The van der Waals surface area contributed by atoms with Gasteiger partial charge in [-0.15, -0.1) is 11.3 Å². The molecule has 3 aromatic rings. The summed E-state index contributed by atoms with van der Waals surface area (Å²) in [5, 5.41) is 3.13. The van der Waals surface area contributed by atoms with Crippen molar-refractivity contribution in [3.05, 3.63) is 64.8 Å². The number of nitrogens with one attached hydrogen (secondary N) is 1. The minimum Gasteiger partial charge on any atom is -0.465 e. The Morgan fingerprint density at radius 2 is 1.83 bits per heavy atom. The van der Waals surface area contributed by atoms with Gasteiger partial charge in [-0.3, -0.25) is 9.78 Å². The van der Waals surface area contributed by atoms with Gasteiger partial charge in [0.2, 0.25) is 0 Å². The lowest BCUT2D eigenvalue weighted by Gasteiger charge is -2.09. The maximum Gasteiger partial charge on any atom is 0.350 e. The summed E-state index contributed by atoms with van der Waals surface area (Å²) < 4.78 is 9.78. The van der Waals surface area contributed by atoms with Gasteiger partial charge < -0.3 is 14.8 Å². The fourth-order valence-electron chi connectivity index (χ4n) is 2.45. The lowest BCUT2D eigenvalue weighted by atomic mass is 10.2. The van der Waals surface area contributed by atoms with E-state index in [9.17, 15) is 14.4 Å². The van der Waals surface area contributed by atoms with E-state index in [1.54, 1.807) is 43.5 Å². The van der Waals surface area contributed by atoms with Crippen molar-refractivity contribution < 1.29 is 23.9 Å². The molecule has 148 valence electrons. The van der Waals surface area contributed by atoms with Crippen molar-refractivity contribution in [2.24, 2.45) is 0 Å². The summed E-state index contributed by atoms with van der Waals surface area (Å²) in [7, 11) is 1.25. The van der Waals surface area contributed by atoms with Gasteiger partial charge in [0.15, 0.2) is 6.61 Å². The van der Waals surface area contributed by atoms with Crippen LogP contribution in [0.25, 0.3) is 10.7 Å². The highest BCUT2D eigenvalue weighted by Crippen LogP contribution is 2.27. The molecule has 0 aliphatic rings. The predicted octanol–water partition coefficient (Wildman–Crippen LogP) is 3.10. The monoisotopic (exact) mass is 411 g/mol. The number of aromatic nitrogens is 2. The highest BCUT2D eigenvalue weighted by atomic mass is 32.1. The van der Waals surface area contributed by atoms with Crippen LogP contribution < -0.4 is 5.32 Å². The molecule has 0 aliphatic carbocycles. The highest BCUT2D eigenvalue weighted by molar-refractivity contribution is 7.17. The molecule has 0 fully saturated rings. The SMILES string of the molecule is COC(=O)c1ccccc1NC(=O)COC(=O)c1sc(-c2ccccn2)nc1C. The predicted molar refractivity (Wildman–Crippen MR) is 107 cm³/mol. The molecule has 0 aliphatic heterocycles. The molecule has 2 aromatic heterocycles. The summed E-state index contributed by atoms with van der Waals surface area (Å²) in [6.07, 6.45) is 1.64. The van der Waals surface area contributed by atoms with E-state index in [2.05, 4.69) is 20.0 Å². The zero-order valence-corrected chi connectivity index (χ0v) is 16.5. The van der Waals surface area contributed by atoms with Crippen LogP contribution in [-0.2, 0) is 14.3 Å². The number of para-hydroxylation sites is 1. The van der Waals surface area contributed by atoms with Gasteiger partial charge in [-0.05, 0) is 31.2 Å². The second-order valence-corrected chi connectivity index (χ2v) is 6.81. The molecule has 0 unspecified atom stereocenters. The van der Waals surface area contributed by atoms with Crippen LogP contribution in [-0.4, -0.2) is 41.5 Å². The van der Waals surface area contributed by atoms with Crippen LogP contribution in [0.1, 0.15) is 25.7 Å². The maximum atomic E-state index is 12.4. The smallest absolute Gasteiger partial charge is 0.350 e. The van der Waals surface area contributed by atoms with Crippen LogP contribution in [0.15, 0.2) is 48.7 Å². The number of anilines is 1. The van der Waals surface area contributed by atoms with E-state index in [4.69, 9.17) is 4.74 Å². The van der Waals surface area contributed by atoms with Crippen LogP contribution in [0.4, 0.5) is 5.69 Å². The summed E-state index contributed by atoms with van der Waals surface area (Å²) in [6, 6.07) is 11.8. The van der Waals surface area contributed by atoms with Crippen molar-refractivity contribution in [1.29, 1.82) is 0 Å². The van der Waals surface area contributed by atoms with Crippen LogP contribution >= 0.6 is 11.3 Å². The minimum atomic E-state index is -0.654. The third-order valence-electron chi connectivity index (χ3n) is 3.81. The summed E-state index contributed by atoms with van der Waals surface area (Å²) in [5.41, 5.74) is 1.62. The first-order chi connectivity index (χ1) is 14.0. The van der Waals surface area contributed by atoms with Crippen molar-refractivity contribution in [3.8, 4) is 10.7 Å². The Morgan fingerprint density at radius 3 is 2.55 bits per heavy atom. The third kappa shape index (κ3) is 4.82. The number of hydrogen-bond donors (Lipinski definition) is 1. The van der Waals surface area contributed by atoms with Gasteiger partial charge in [0, 0.05) is 6.20 Å². The van der Waals surface area contributed by atoms with Gasteiger partial charge in [-0.1, -0.05) is 18.2 Å². The molecule has 1 N–H and O–H groups in total. The maximum absolute atomic E-state index is 12.4. The Labute approximate surface area is 170 Å². The molecule has 1 aromatic carbocycles. The highest BCUT2D eigenvalue weighted by Gasteiger charge is 2.20. The number of thiazole rings is 1. The number of rotatable bonds is 6. The first-order valence-corrected chi connectivity index (χ1v) is 9.34. The van der Waals surface area contributed by atoms with Gasteiger partial charge >= 0.3 is 11.9 Å². The van der Waals surface area contributed by atoms with Crippen molar-refractivity contribution in [2.75, 3.05) is 19.0 Å². The number of aryl methyl sites for hydroxylation is 1. The largest absolute Gasteiger partial charge is 0.465 e. The number of methoxy groups -OCH3 is 1. The molecule has 0 saturated carbocycles. The van der Waals surface area contributed by atoms with Crippen LogP contribution in [0.2, 0.25) is 0 Å². The molecule has 1 amide bonds. The van der Waals surface area contributed by atoms with Crippen LogP contribution in [0.5, 0.6) is 0 Å². The van der Waals surface area contributed by atoms with E-state index in [1.807, 2.05) is 6.07 Å². The summed E-state index contributed by atoms with van der Waals surface area (Å²) in [4.78, 5) is 45.1. The average molecular weight is 411 g/mol. The Hall–Kier alpha value is -3.59. The van der Waals surface area contributed by atoms with Gasteiger partial charge in [0.25, 0.3) is 5.91 Å². The minimum absolute atomic E-state index is 0.202. The van der Waals surface area contributed by atoms with Crippen molar-refractivity contribution in [2.45, 2.75) is 6.92 Å². The number of pyridine rings is 1. The fourth-order valence-corrected chi connectivity index (χ4v) is 3.38. The van der Waals surface area contributed by atoms with E-state index < -0.39 is 24.5 Å². The van der Waals surface area contributed by atoms with Crippen LogP contribution in [0, 0.1) is 6.92 Å². The zero-order chi connectivity index (χ0) is 20.8. The zero-order valence-electron chi connectivity index (χ0n) is 15.7. The van der Waals surface area contributed by atoms with Crippen molar-refractivity contribution in [3.63, 3.8) is 0 Å². The topological polar surface area (TPSA) is 107 Å². The number of nitrogens with zero attached hydrogens (tertiary/aromatic N) is 2. The molecule has 3 rings (SSSR count). The normalized spacial score (nSPS) is 10.3. The summed E-state index contributed by atoms with van der Waals surface area (Å²) >= 11 is 1.14. The lowest BCUT2D eigenvalue weighted by Crippen LogP contribution is -2.22. The summed E-state index contributed by atoms with van der Waals surface area (Å²) in [6.45, 7) is 1.18. The van der Waals surface area contributed by atoms with E-state index >= 15 is 0 Å². The molecule has 0 atom stereocenters. The first kappa shape index (κ1) is 20.2. The average Bonchev–Trinajstić information content (AvgIpc) is 3.14. The number of hydrogen-bond acceptors (Lipinski definition) is 8. The fraction of sp³-hybridized carbons (Fsp3) is 0.150. The Bertz CT molecular complexity index is 1050. The first-order valence-electron chi connectivity index (χ1n) is 8.52. The van der Waals surface area contributed by atoms with Crippen molar-refractivity contribution >= 4 is 34.9 Å².